The maximum absolute atomic E-state index is 4.21. The topological polar surface area (TPSA) is 65.1 Å². The quantitative estimate of drug-likeness (QED) is 0.560. The monoisotopic (exact) mass is 269 g/mol. The van der Waals surface area contributed by atoms with Gasteiger partial charge >= 0.3 is 0 Å². The second-order valence-corrected chi connectivity index (χ2v) is 6.28. The minimum Gasteiger partial charge on any atom is -0.355 e. The second kappa shape index (κ2) is 6.68. The van der Waals surface area contributed by atoms with Crippen molar-refractivity contribution in [3.8, 4) is 0 Å². The van der Waals surface area contributed by atoms with Crippen molar-refractivity contribution >= 4 is 17.7 Å². The van der Waals surface area contributed by atoms with Crippen molar-refractivity contribution in [3.63, 3.8) is 0 Å². The third-order valence-corrected chi connectivity index (χ3v) is 4.09. The lowest BCUT2D eigenvalue weighted by Gasteiger charge is -2.23. The number of aromatic nitrogens is 2. The van der Waals surface area contributed by atoms with E-state index in [9.17, 15) is 0 Å². The Morgan fingerprint density at radius 2 is 2.22 bits per heavy atom. The number of aliphatic imine (C=N–C) groups is 1. The van der Waals surface area contributed by atoms with Gasteiger partial charge in [0.25, 0.3) is 0 Å². The van der Waals surface area contributed by atoms with Gasteiger partial charge in [-0.2, -0.15) is 16.9 Å². The lowest BCUT2D eigenvalue weighted by Crippen LogP contribution is -2.43. The van der Waals surface area contributed by atoms with Gasteiger partial charge in [0.2, 0.25) is 0 Å². The summed E-state index contributed by atoms with van der Waals surface area (Å²) in [5.74, 6) is 0.817. The van der Waals surface area contributed by atoms with Gasteiger partial charge in [0.1, 0.15) is 0 Å². The molecule has 0 radical (unpaired) electrons. The summed E-state index contributed by atoms with van der Waals surface area (Å²) in [4.78, 5) is 4.21. The number of hydrogen-bond acceptors (Lipinski definition) is 3. The third-order valence-electron chi connectivity index (χ3n) is 2.84. The third kappa shape index (κ3) is 4.60. The highest BCUT2D eigenvalue weighted by Gasteiger charge is 2.16. The predicted octanol–water partition coefficient (Wildman–Crippen LogP) is 1.52. The summed E-state index contributed by atoms with van der Waals surface area (Å²) < 4.78 is 0.198. The van der Waals surface area contributed by atoms with E-state index in [4.69, 9.17) is 0 Å². The summed E-state index contributed by atoms with van der Waals surface area (Å²) in [5, 5.41) is 13.5. The van der Waals surface area contributed by atoms with E-state index in [1.54, 1.807) is 7.05 Å². The standard InChI is InChI=1S/C12H23N5S/c1-9-10(7-16-17-9)6-14-11(13-4)15-8-12(2,3)18-5/h7H,6,8H2,1-5H3,(H,16,17)(H2,13,14,15). The van der Waals surface area contributed by atoms with E-state index in [1.807, 2.05) is 24.9 Å². The first-order valence-electron chi connectivity index (χ1n) is 5.97. The smallest absolute Gasteiger partial charge is 0.191 e. The van der Waals surface area contributed by atoms with Gasteiger partial charge in [-0.15, -0.1) is 0 Å². The van der Waals surface area contributed by atoms with E-state index in [0.717, 1.165) is 30.3 Å². The zero-order chi connectivity index (χ0) is 13.6. The minimum atomic E-state index is 0.198. The first kappa shape index (κ1) is 14.9. The average Bonchev–Trinajstić information content (AvgIpc) is 2.75. The lowest BCUT2D eigenvalue weighted by molar-refractivity contribution is 0.664. The van der Waals surface area contributed by atoms with Crippen molar-refractivity contribution in [1.82, 2.24) is 20.8 Å². The normalized spacial score (nSPS) is 12.6. The molecule has 1 heterocycles. The molecule has 18 heavy (non-hydrogen) atoms. The first-order chi connectivity index (χ1) is 8.48. The Morgan fingerprint density at radius 3 is 2.72 bits per heavy atom. The zero-order valence-corrected chi connectivity index (χ0v) is 12.6. The van der Waals surface area contributed by atoms with Crippen molar-refractivity contribution in [3.05, 3.63) is 17.5 Å². The summed E-state index contributed by atoms with van der Waals surface area (Å²) in [6.45, 7) is 8.02. The average molecular weight is 269 g/mol. The Hall–Kier alpha value is -1.17. The van der Waals surface area contributed by atoms with Crippen LogP contribution < -0.4 is 10.6 Å². The molecule has 0 saturated carbocycles. The molecular weight excluding hydrogens is 246 g/mol. The van der Waals surface area contributed by atoms with E-state index in [1.165, 1.54) is 0 Å². The molecule has 6 heteroatoms. The molecular formula is C12H23N5S. The minimum absolute atomic E-state index is 0.198. The number of aromatic amines is 1. The van der Waals surface area contributed by atoms with Gasteiger partial charge in [0.15, 0.2) is 5.96 Å². The predicted molar refractivity (Wildman–Crippen MR) is 79.1 cm³/mol. The maximum Gasteiger partial charge on any atom is 0.191 e. The molecule has 1 aromatic rings. The number of rotatable bonds is 5. The van der Waals surface area contributed by atoms with Crippen molar-refractivity contribution in [2.75, 3.05) is 19.8 Å². The SMILES string of the molecule is CN=C(NCc1cn[nH]c1C)NCC(C)(C)SC. The van der Waals surface area contributed by atoms with Gasteiger partial charge in [0.05, 0.1) is 6.20 Å². The van der Waals surface area contributed by atoms with Gasteiger partial charge in [-0.25, -0.2) is 0 Å². The Balaban J connectivity index is 2.42. The van der Waals surface area contributed by atoms with Gasteiger partial charge in [-0.05, 0) is 27.0 Å². The summed E-state index contributed by atoms with van der Waals surface area (Å²) in [5.41, 5.74) is 2.24. The largest absolute Gasteiger partial charge is 0.355 e. The summed E-state index contributed by atoms with van der Waals surface area (Å²) in [6, 6.07) is 0. The van der Waals surface area contributed by atoms with Crippen LogP contribution in [0.15, 0.2) is 11.2 Å². The van der Waals surface area contributed by atoms with Gasteiger partial charge in [0, 0.05) is 36.1 Å². The molecule has 102 valence electrons. The summed E-state index contributed by atoms with van der Waals surface area (Å²) >= 11 is 1.84. The highest BCUT2D eigenvalue weighted by atomic mass is 32.2. The van der Waals surface area contributed by atoms with Crippen LogP contribution in [0.5, 0.6) is 0 Å². The second-order valence-electron chi connectivity index (χ2n) is 4.76. The molecule has 0 saturated heterocycles. The van der Waals surface area contributed by atoms with Crippen LogP contribution in [0.4, 0.5) is 0 Å². The molecule has 0 amide bonds. The van der Waals surface area contributed by atoms with Crippen LogP contribution in [0.25, 0.3) is 0 Å². The lowest BCUT2D eigenvalue weighted by atomic mass is 10.2. The number of guanidine groups is 1. The summed E-state index contributed by atoms with van der Waals surface area (Å²) in [7, 11) is 1.78. The molecule has 0 unspecified atom stereocenters. The Kier molecular flexibility index (Phi) is 5.53. The van der Waals surface area contributed by atoms with Crippen LogP contribution in [-0.2, 0) is 6.54 Å². The van der Waals surface area contributed by atoms with Crippen LogP contribution in [-0.4, -0.2) is 40.8 Å². The van der Waals surface area contributed by atoms with Crippen LogP contribution in [0.3, 0.4) is 0 Å². The molecule has 0 aliphatic heterocycles. The molecule has 0 aromatic carbocycles. The van der Waals surface area contributed by atoms with E-state index in [2.05, 4.69) is 45.9 Å². The number of nitrogens with zero attached hydrogens (tertiary/aromatic N) is 2. The molecule has 0 spiro atoms. The van der Waals surface area contributed by atoms with Crippen molar-refractivity contribution < 1.29 is 0 Å². The molecule has 3 N–H and O–H groups in total. The summed E-state index contributed by atoms with van der Waals surface area (Å²) in [6.07, 6.45) is 3.95. The number of aryl methyl sites for hydroxylation is 1. The fourth-order valence-corrected chi connectivity index (χ4v) is 1.54. The van der Waals surface area contributed by atoms with Gasteiger partial charge in [-0.3, -0.25) is 10.1 Å². The van der Waals surface area contributed by atoms with E-state index in [-0.39, 0.29) is 4.75 Å². The zero-order valence-electron chi connectivity index (χ0n) is 11.8. The van der Waals surface area contributed by atoms with Crippen LogP contribution in [0.2, 0.25) is 0 Å². The molecule has 1 aromatic heterocycles. The maximum atomic E-state index is 4.21. The van der Waals surface area contributed by atoms with Gasteiger partial charge in [-0.1, -0.05) is 0 Å². The first-order valence-corrected chi connectivity index (χ1v) is 7.19. The van der Waals surface area contributed by atoms with E-state index >= 15 is 0 Å². The number of H-pyrrole nitrogens is 1. The molecule has 0 bridgehead atoms. The number of hydrogen-bond donors (Lipinski definition) is 3. The van der Waals surface area contributed by atoms with E-state index in [0.29, 0.717) is 0 Å². The van der Waals surface area contributed by atoms with Crippen molar-refractivity contribution in [2.24, 2.45) is 4.99 Å². The van der Waals surface area contributed by atoms with Crippen LogP contribution in [0.1, 0.15) is 25.1 Å². The van der Waals surface area contributed by atoms with Crippen molar-refractivity contribution in [1.29, 1.82) is 0 Å². The Labute approximate surface area is 113 Å². The number of nitrogens with one attached hydrogen (secondary N) is 3. The van der Waals surface area contributed by atoms with Crippen LogP contribution in [0, 0.1) is 6.92 Å². The molecule has 1 rings (SSSR count). The highest BCUT2D eigenvalue weighted by molar-refractivity contribution is 7.99. The highest BCUT2D eigenvalue weighted by Crippen LogP contribution is 2.19. The Bertz CT molecular complexity index is 397. The van der Waals surface area contributed by atoms with Gasteiger partial charge < -0.3 is 10.6 Å². The molecule has 0 aliphatic rings. The van der Waals surface area contributed by atoms with Crippen LogP contribution >= 0.6 is 11.8 Å². The Morgan fingerprint density at radius 1 is 1.50 bits per heavy atom. The fourth-order valence-electron chi connectivity index (χ4n) is 1.32. The number of thioether (sulfide) groups is 1. The molecule has 0 atom stereocenters. The molecule has 0 aliphatic carbocycles. The molecule has 0 fully saturated rings. The molecule has 5 nitrogen and oxygen atoms in total. The fraction of sp³-hybridized carbons (Fsp3) is 0.667. The van der Waals surface area contributed by atoms with Crippen molar-refractivity contribution in [2.45, 2.75) is 32.1 Å². The van der Waals surface area contributed by atoms with E-state index < -0.39 is 0 Å².